The normalized spacial score (nSPS) is 18.9. The summed E-state index contributed by atoms with van der Waals surface area (Å²) in [5, 5.41) is 11.3. The number of carbonyl (C=O) groups excluding carboxylic acids is 1. The number of aryl methyl sites for hydroxylation is 1. The number of primary amides is 1. The monoisotopic (exact) mass is 572 g/mol. The fraction of sp³-hybridized carbons (Fsp3) is 0.281. The number of fused-ring (bicyclic) bond motifs is 4. The van der Waals surface area contributed by atoms with E-state index in [-0.39, 0.29) is 23.0 Å². The van der Waals surface area contributed by atoms with Gasteiger partial charge in [0.2, 0.25) is 5.91 Å². The van der Waals surface area contributed by atoms with E-state index in [9.17, 15) is 23.9 Å². The van der Waals surface area contributed by atoms with Gasteiger partial charge in [0.05, 0.1) is 28.1 Å². The Hall–Kier alpha value is -4.57. The molecule has 216 valence electrons. The first-order valence-electron chi connectivity index (χ1n) is 13.6. The summed E-state index contributed by atoms with van der Waals surface area (Å²) in [4.78, 5) is 42.7. The number of hydrogen-bond acceptors (Lipinski definition) is 4. The topological polar surface area (TPSA) is 123 Å². The fourth-order valence-corrected chi connectivity index (χ4v) is 6.41. The van der Waals surface area contributed by atoms with E-state index in [1.54, 1.807) is 57.2 Å². The van der Waals surface area contributed by atoms with Gasteiger partial charge in [0.1, 0.15) is 12.0 Å². The lowest BCUT2D eigenvalue weighted by Crippen LogP contribution is -2.39. The largest absolute Gasteiger partial charge is 0.386 e. The van der Waals surface area contributed by atoms with Gasteiger partial charge in [-0.2, -0.15) is 0 Å². The van der Waals surface area contributed by atoms with Crippen LogP contribution in [0.5, 0.6) is 0 Å². The average Bonchev–Trinajstić information content (AvgIpc) is 3.30. The van der Waals surface area contributed by atoms with E-state index in [4.69, 9.17) is 5.73 Å². The Bertz CT molecular complexity index is 2050. The Balaban J connectivity index is 1.61. The molecule has 5 aromatic rings. The molecule has 6 rings (SSSR count). The van der Waals surface area contributed by atoms with E-state index in [1.165, 1.54) is 25.2 Å². The molecule has 1 aliphatic carbocycles. The zero-order valence-corrected chi connectivity index (χ0v) is 23.5. The van der Waals surface area contributed by atoms with Gasteiger partial charge in [0, 0.05) is 29.6 Å². The minimum absolute atomic E-state index is 0.0359. The Morgan fingerprint density at radius 3 is 2.50 bits per heavy atom. The summed E-state index contributed by atoms with van der Waals surface area (Å²) in [7, 11) is 1.39. The molecule has 3 aromatic carbocycles. The molecule has 2 heterocycles. The first-order valence-corrected chi connectivity index (χ1v) is 13.6. The van der Waals surface area contributed by atoms with Crippen LogP contribution in [0.3, 0.4) is 0 Å². The predicted molar refractivity (Wildman–Crippen MR) is 156 cm³/mol. The van der Waals surface area contributed by atoms with Gasteiger partial charge in [-0.15, -0.1) is 0 Å². The van der Waals surface area contributed by atoms with Crippen LogP contribution in [0.4, 0.5) is 8.78 Å². The van der Waals surface area contributed by atoms with Crippen molar-refractivity contribution in [3.8, 4) is 5.69 Å². The number of aliphatic hydroxyl groups is 1. The number of nitrogens with two attached hydrogens (primary N) is 1. The molecule has 0 spiro atoms. The summed E-state index contributed by atoms with van der Waals surface area (Å²) >= 11 is 0. The third-order valence-electron chi connectivity index (χ3n) is 8.56. The molecule has 1 amide bonds. The van der Waals surface area contributed by atoms with E-state index in [0.29, 0.717) is 38.9 Å². The van der Waals surface area contributed by atoms with Gasteiger partial charge in [0.25, 0.3) is 5.56 Å². The van der Waals surface area contributed by atoms with Crippen molar-refractivity contribution in [1.29, 1.82) is 0 Å². The van der Waals surface area contributed by atoms with Crippen molar-refractivity contribution in [3.05, 3.63) is 109 Å². The lowest BCUT2D eigenvalue weighted by atomic mass is 9.73. The molecule has 2 aromatic heterocycles. The molecule has 0 fully saturated rings. The standard InChI is InChI=1S/C32H30F2N4O4/c1-15-17(7-6-10-24(15)38-30(40)19-8-5-9-21(33)28(19)37(4)31(38)41)25-22(34)14-20(29(35)39)27-26(25)18-12-11-16(32(2,3)42)13-23(18)36-27/h5-13,20,22,25,36,42H,14H2,1-4H3,(H2,35,39). The Labute approximate surface area is 239 Å². The molecule has 0 saturated carbocycles. The quantitative estimate of drug-likeness (QED) is 0.297. The molecule has 8 nitrogen and oxygen atoms in total. The van der Waals surface area contributed by atoms with Gasteiger partial charge in [-0.25, -0.2) is 18.1 Å². The number of para-hydroxylation sites is 1. The molecular formula is C32H30F2N4O4. The smallest absolute Gasteiger partial charge is 0.335 e. The van der Waals surface area contributed by atoms with Crippen LogP contribution >= 0.6 is 0 Å². The van der Waals surface area contributed by atoms with Crippen molar-refractivity contribution in [2.24, 2.45) is 12.8 Å². The van der Waals surface area contributed by atoms with Crippen molar-refractivity contribution in [2.75, 3.05) is 0 Å². The molecule has 0 bridgehead atoms. The molecule has 42 heavy (non-hydrogen) atoms. The lowest BCUT2D eigenvalue weighted by Gasteiger charge is -2.32. The van der Waals surface area contributed by atoms with Crippen molar-refractivity contribution in [3.63, 3.8) is 0 Å². The molecule has 3 unspecified atom stereocenters. The van der Waals surface area contributed by atoms with Crippen LogP contribution in [0.1, 0.15) is 60.1 Å². The molecular weight excluding hydrogens is 542 g/mol. The number of halogens is 2. The summed E-state index contributed by atoms with van der Waals surface area (Å²) < 4.78 is 32.9. The van der Waals surface area contributed by atoms with Crippen molar-refractivity contribution in [2.45, 2.75) is 50.8 Å². The number of aromatic amines is 1. The third-order valence-corrected chi connectivity index (χ3v) is 8.56. The number of H-pyrrole nitrogens is 1. The summed E-state index contributed by atoms with van der Waals surface area (Å²) in [6.45, 7) is 5.03. The minimum Gasteiger partial charge on any atom is -0.386 e. The van der Waals surface area contributed by atoms with Crippen molar-refractivity contribution < 1.29 is 18.7 Å². The van der Waals surface area contributed by atoms with Gasteiger partial charge < -0.3 is 15.8 Å². The number of nitrogens with zero attached hydrogens (tertiary/aromatic N) is 2. The molecule has 0 saturated heterocycles. The minimum atomic E-state index is -1.51. The van der Waals surface area contributed by atoms with Crippen LogP contribution in [0.25, 0.3) is 27.5 Å². The highest BCUT2D eigenvalue weighted by molar-refractivity contribution is 5.91. The fourth-order valence-electron chi connectivity index (χ4n) is 6.41. The van der Waals surface area contributed by atoms with Crippen LogP contribution in [-0.2, 0) is 17.4 Å². The van der Waals surface area contributed by atoms with E-state index >= 15 is 4.39 Å². The molecule has 3 atom stereocenters. The van der Waals surface area contributed by atoms with Gasteiger partial charge in [0.15, 0.2) is 0 Å². The van der Waals surface area contributed by atoms with E-state index in [2.05, 4.69) is 4.98 Å². The molecule has 0 aliphatic heterocycles. The zero-order valence-electron chi connectivity index (χ0n) is 23.5. The van der Waals surface area contributed by atoms with Crippen LogP contribution in [0.15, 0.2) is 64.2 Å². The van der Waals surface area contributed by atoms with Crippen LogP contribution in [-0.4, -0.2) is 31.3 Å². The highest BCUT2D eigenvalue weighted by Crippen LogP contribution is 2.48. The van der Waals surface area contributed by atoms with Crippen LogP contribution < -0.4 is 17.0 Å². The number of alkyl halides is 1. The Kier molecular flexibility index (Phi) is 6.23. The highest BCUT2D eigenvalue weighted by atomic mass is 19.1. The maximum absolute atomic E-state index is 16.2. The Morgan fingerprint density at radius 2 is 1.81 bits per heavy atom. The highest BCUT2D eigenvalue weighted by Gasteiger charge is 2.42. The summed E-state index contributed by atoms with van der Waals surface area (Å²) in [5.41, 5.74) is 6.67. The molecule has 4 N–H and O–H groups in total. The average molecular weight is 573 g/mol. The summed E-state index contributed by atoms with van der Waals surface area (Å²) in [5.74, 6) is -3.09. The number of nitrogens with one attached hydrogen (secondary N) is 1. The number of rotatable bonds is 4. The predicted octanol–water partition coefficient (Wildman–Crippen LogP) is 4.29. The second kappa shape index (κ2) is 9.49. The van der Waals surface area contributed by atoms with E-state index in [0.717, 1.165) is 9.13 Å². The lowest BCUT2D eigenvalue weighted by molar-refractivity contribution is -0.120. The first-order chi connectivity index (χ1) is 19.8. The van der Waals surface area contributed by atoms with E-state index < -0.39 is 46.6 Å². The van der Waals surface area contributed by atoms with Gasteiger partial charge in [-0.1, -0.05) is 30.3 Å². The zero-order chi connectivity index (χ0) is 30.2. The number of aromatic nitrogens is 3. The maximum Gasteiger partial charge on any atom is 0.335 e. The number of carbonyl (C=O) groups is 1. The SMILES string of the molecule is Cc1c(C2c3c([nH]c4cc(C(C)(C)O)ccc34)C(C(N)=O)CC2F)cccc1-n1c(=O)c2cccc(F)c2n(C)c1=O. The number of hydrogen-bond donors (Lipinski definition) is 3. The van der Waals surface area contributed by atoms with Crippen LogP contribution in [0.2, 0.25) is 0 Å². The van der Waals surface area contributed by atoms with Crippen LogP contribution in [0, 0.1) is 12.7 Å². The number of amides is 1. The number of benzene rings is 3. The van der Waals surface area contributed by atoms with Crippen molar-refractivity contribution in [1.82, 2.24) is 14.1 Å². The second-order valence-electron chi connectivity index (χ2n) is 11.6. The van der Waals surface area contributed by atoms with Gasteiger partial charge >= 0.3 is 5.69 Å². The maximum atomic E-state index is 16.2. The third kappa shape index (κ3) is 4.00. The first kappa shape index (κ1) is 27.6. The second-order valence-corrected chi connectivity index (χ2v) is 11.6. The molecule has 0 radical (unpaired) electrons. The summed E-state index contributed by atoms with van der Waals surface area (Å²) in [6.07, 6.45) is -1.67. The van der Waals surface area contributed by atoms with Gasteiger partial charge in [-0.05, 0) is 73.7 Å². The van der Waals surface area contributed by atoms with Gasteiger partial charge in [-0.3, -0.25) is 14.2 Å². The van der Waals surface area contributed by atoms with Crippen molar-refractivity contribution >= 4 is 27.7 Å². The Morgan fingerprint density at radius 1 is 1.10 bits per heavy atom. The molecule has 1 aliphatic rings. The summed E-state index contributed by atoms with van der Waals surface area (Å²) in [6, 6.07) is 14.4. The molecule has 10 heteroatoms. The van der Waals surface area contributed by atoms with E-state index in [1.807, 2.05) is 0 Å².